The summed E-state index contributed by atoms with van der Waals surface area (Å²) >= 11 is 0. The average molecular weight is 256 g/mol. The van der Waals surface area contributed by atoms with Gasteiger partial charge in [-0.3, -0.25) is 0 Å². The lowest BCUT2D eigenvalue weighted by Crippen LogP contribution is -2.31. The third-order valence-corrected chi connectivity index (χ3v) is 3.02. The topological polar surface area (TPSA) is 55.0 Å². The lowest BCUT2D eigenvalue weighted by Gasteiger charge is -2.26. The van der Waals surface area contributed by atoms with Gasteiger partial charge >= 0.3 is 0 Å². The molecule has 0 aliphatic carbocycles. The summed E-state index contributed by atoms with van der Waals surface area (Å²) < 4.78 is 0. The van der Waals surface area contributed by atoms with Gasteiger partial charge in [-0.2, -0.15) is 0 Å². The van der Waals surface area contributed by atoms with E-state index in [0.717, 1.165) is 17.9 Å². The molecule has 0 spiro atoms. The van der Waals surface area contributed by atoms with Crippen LogP contribution in [0.15, 0.2) is 36.4 Å². The van der Waals surface area contributed by atoms with Gasteiger partial charge in [-0.1, -0.05) is 30.3 Å². The van der Waals surface area contributed by atoms with Gasteiger partial charge in [-0.15, -0.1) is 0 Å². The van der Waals surface area contributed by atoms with E-state index >= 15 is 0 Å². The lowest BCUT2D eigenvalue weighted by atomic mass is 10.2. The van der Waals surface area contributed by atoms with Gasteiger partial charge in [0.1, 0.15) is 11.6 Å². The standard InChI is InChI=1S/C15H20N4/c1-4-19(11(2)3)14-10-13(16)17-15(18-14)12-8-6-5-7-9-12/h5-11H,4H2,1-3H3,(H2,16,17,18). The molecule has 1 aromatic carbocycles. The predicted octanol–water partition coefficient (Wildman–Crippen LogP) is 2.96. The molecule has 19 heavy (non-hydrogen) atoms. The average Bonchev–Trinajstić information content (AvgIpc) is 2.39. The van der Waals surface area contributed by atoms with Crippen molar-refractivity contribution < 1.29 is 0 Å². The van der Waals surface area contributed by atoms with Gasteiger partial charge in [-0.25, -0.2) is 9.97 Å². The molecule has 4 nitrogen and oxygen atoms in total. The molecule has 1 heterocycles. The molecule has 0 fully saturated rings. The van der Waals surface area contributed by atoms with Gasteiger partial charge in [-0.05, 0) is 20.8 Å². The van der Waals surface area contributed by atoms with Crippen molar-refractivity contribution in [3.05, 3.63) is 36.4 Å². The molecular formula is C15H20N4. The number of hydrogen-bond acceptors (Lipinski definition) is 4. The molecule has 0 atom stereocenters. The number of nitrogen functional groups attached to an aromatic ring is 1. The maximum absolute atomic E-state index is 5.91. The van der Waals surface area contributed by atoms with Crippen molar-refractivity contribution >= 4 is 11.6 Å². The minimum absolute atomic E-state index is 0.378. The predicted molar refractivity (Wildman–Crippen MR) is 80.0 cm³/mol. The Balaban J connectivity index is 2.45. The first kappa shape index (κ1) is 13.3. The van der Waals surface area contributed by atoms with E-state index in [1.807, 2.05) is 36.4 Å². The zero-order valence-corrected chi connectivity index (χ0v) is 11.7. The highest BCUT2D eigenvalue weighted by molar-refractivity contribution is 5.60. The summed E-state index contributed by atoms with van der Waals surface area (Å²) in [6, 6.07) is 12.1. The first-order valence-electron chi connectivity index (χ1n) is 6.58. The van der Waals surface area contributed by atoms with Crippen molar-refractivity contribution in [2.75, 3.05) is 17.2 Å². The van der Waals surface area contributed by atoms with Gasteiger partial charge in [0, 0.05) is 24.2 Å². The fourth-order valence-corrected chi connectivity index (χ4v) is 2.11. The Bertz CT molecular complexity index is 537. The summed E-state index contributed by atoms with van der Waals surface area (Å²) in [6.07, 6.45) is 0. The van der Waals surface area contributed by atoms with Crippen LogP contribution in [0.1, 0.15) is 20.8 Å². The molecule has 4 heteroatoms. The highest BCUT2D eigenvalue weighted by Gasteiger charge is 2.13. The number of aromatic nitrogens is 2. The van der Waals surface area contributed by atoms with Crippen LogP contribution in [-0.4, -0.2) is 22.6 Å². The Morgan fingerprint density at radius 3 is 2.42 bits per heavy atom. The molecule has 0 saturated carbocycles. The molecule has 0 bridgehead atoms. The van der Waals surface area contributed by atoms with Gasteiger partial charge in [0.05, 0.1) is 0 Å². The summed E-state index contributed by atoms with van der Waals surface area (Å²) in [4.78, 5) is 11.2. The van der Waals surface area contributed by atoms with Crippen LogP contribution in [0.25, 0.3) is 11.4 Å². The van der Waals surface area contributed by atoms with E-state index in [2.05, 4.69) is 35.6 Å². The number of rotatable bonds is 4. The Hall–Kier alpha value is -2.10. The second-order valence-electron chi connectivity index (χ2n) is 4.72. The minimum atomic E-state index is 0.378. The normalized spacial score (nSPS) is 10.7. The molecule has 2 aromatic rings. The molecule has 0 aliphatic heterocycles. The molecule has 0 aliphatic rings. The van der Waals surface area contributed by atoms with Crippen LogP contribution < -0.4 is 10.6 Å². The van der Waals surface area contributed by atoms with E-state index in [-0.39, 0.29) is 0 Å². The van der Waals surface area contributed by atoms with Crippen LogP contribution in [0.4, 0.5) is 11.6 Å². The Kier molecular flexibility index (Phi) is 4.00. The van der Waals surface area contributed by atoms with Crippen molar-refractivity contribution in [1.29, 1.82) is 0 Å². The highest BCUT2D eigenvalue weighted by atomic mass is 15.2. The van der Waals surface area contributed by atoms with Crippen LogP contribution >= 0.6 is 0 Å². The van der Waals surface area contributed by atoms with Gasteiger partial charge < -0.3 is 10.6 Å². The third kappa shape index (κ3) is 3.02. The quantitative estimate of drug-likeness (QED) is 0.913. The Labute approximate surface area is 114 Å². The summed E-state index contributed by atoms with van der Waals surface area (Å²) in [5.74, 6) is 2.06. The second-order valence-corrected chi connectivity index (χ2v) is 4.72. The molecule has 0 saturated heterocycles. The largest absolute Gasteiger partial charge is 0.384 e. The van der Waals surface area contributed by atoms with Gasteiger partial charge in [0.2, 0.25) is 0 Å². The van der Waals surface area contributed by atoms with Crippen LogP contribution in [0.2, 0.25) is 0 Å². The zero-order valence-electron chi connectivity index (χ0n) is 11.7. The number of hydrogen-bond donors (Lipinski definition) is 1. The molecule has 0 unspecified atom stereocenters. The minimum Gasteiger partial charge on any atom is -0.384 e. The van der Waals surface area contributed by atoms with E-state index in [9.17, 15) is 0 Å². The highest BCUT2D eigenvalue weighted by Crippen LogP contribution is 2.22. The van der Waals surface area contributed by atoms with Crippen LogP contribution in [0.5, 0.6) is 0 Å². The smallest absolute Gasteiger partial charge is 0.163 e. The van der Waals surface area contributed by atoms with Crippen LogP contribution in [0, 0.1) is 0 Å². The van der Waals surface area contributed by atoms with E-state index in [4.69, 9.17) is 5.73 Å². The van der Waals surface area contributed by atoms with Crippen molar-refractivity contribution in [3.63, 3.8) is 0 Å². The number of nitrogens with two attached hydrogens (primary N) is 1. The number of benzene rings is 1. The summed E-state index contributed by atoms with van der Waals surface area (Å²) in [6.45, 7) is 7.29. The molecule has 0 amide bonds. The molecule has 1 aromatic heterocycles. The summed E-state index contributed by atoms with van der Waals surface area (Å²) in [7, 11) is 0. The molecule has 100 valence electrons. The first-order chi connectivity index (χ1) is 9.11. The zero-order chi connectivity index (χ0) is 13.8. The van der Waals surface area contributed by atoms with Crippen molar-refractivity contribution in [2.45, 2.75) is 26.8 Å². The number of anilines is 2. The van der Waals surface area contributed by atoms with E-state index in [0.29, 0.717) is 17.7 Å². The van der Waals surface area contributed by atoms with Crippen molar-refractivity contribution in [1.82, 2.24) is 9.97 Å². The second kappa shape index (κ2) is 5.69. The van der Waals surface area contributed by atoms with Crippen LogP contribution in [-0.2, 0) is 0 Å². The summed E-state index contributed by atoms with van der Waals surface area (Å²) in [5.41, 5.74) is 6.89. The first-order valence-corrected chi connectivity index (χ1v) is 6.58. The Morgan fingerprint density at radius 2 is 1.84 bits per heavy atom. The van der Waals surface area contributed by atoms with E-state index in [1.54, 1.807) is 0 Å². The molecule has 0 radical (unpaired) electrons. The van der Waals surface area contributed by atoms with E-state index in [1.165, 1.54) is 0 Å². The van der Waals surface area contributed by atoms with Crippen LogP contribution in [0.3, 0.4) is 0 Å². The van der Waals surface area contributed by atoms with Crippen molar-refractivity contribution in [2.24, 2.45) is 0 Å². The molecular weight excluding hydrogens is 236 g/mol. The Morgan fingerprint density at radius 1 is 1.16 bits per heavy atom. The molecule has 2 N–H and O–H groups in total. The maximum Gasteiger partial charge on any atom is 0.163 e. The van der Waals surface area contributed by atoms with Gasteiger partial charge in [0.15, 0.2) is 5.82 Å². The van der Waals surface area contributed by atoms with Crippen molar-refractivity contribution in [3.8, 4) is 11.4 Å². The monoisotopic (exact) mass is 256 g/mol. The fraction of sp³-hybridized carbons (Fsp3) is 0.333. The van der Waals surface area contributed by atoms with E-state index < -0.39 is 0 Å². The van der Waals surface area contributed by atoms with Gasteiger partial charge in [0.25, 0.3) is 0 Å². The third-order valence-electron chi connectivity index (χ3n) is 3.02. The SMILES string of the molecule is CCN(c1cc(N)nc(-c2ccccc2)n1)C(C)C. The number of nitrogens with zero attached hydrogens (tertiary/aromatic N) is 3. The fourth-order valence-electron chi connectivity index (χ4n) is 2.11. The molecule has 2 rings (SSSR count). The summed E-state index contributed by atoms with van der Waals surface area (Å²) in [5, 5.41) is 0. The maximum atomic E-state index is 5.91. The lowest BCUT2D eigenvalue weighted by molar-refractivity contribution is 0.693.